The summed E-state index contributed by atoms with van der Waals surface area (Å²) < 4.78 is 29.5. The van der Waals surface area contributed by atoms with Gasteiger partial charge in [-0.15, -0.1) is 0 Å². The van der Waals surface area contributed by atoms with Gasteiger partial charge < -0.3 is 9.45 Å². The third-order valence-electron chi connectivity index (χ3n) is 7.82. The van der Waals surface area contributed by atoms with Crippen LogP contribution in [-0.4, -0.2) is 76.6 Å². The molecule has 206 valence electrons. The van der Waals surface area contributed by atoms with Gasteiger partial charge in [0.25, 0.3) is 11.8 Å². The first-order valence-electron chi connectivity index (χ1n) is 11.9. The number of likely N-dealkylation sites (N-methyl/N-ethyl adjacent to an activating group) is 1. The second-order valence-corrected chi connectivity index (χ2v) is 16.2. The summed E-state index contributed by atoms with van der Waals surface area (Å²) in [5, 5.41) is 0.203. The predicted molar refractivity (Wildman–Crippen MR) is 166 cm³/mol. The maximum Gasteiger partial charge on any atom is 0.261 e. The summed E-state index contributed by atoms with van der Waals surface area (Å²) in [7, 11) is 7.14. The van der Waals surface area contributed by atoms with Crippen LogP contribution in [0, 0.1) is 0 Å². The van der Waals surface area contributed by atoms with E-state index >= 15 is 0 Å². The molecule has 2 amide bonds. The fraction of sp³-hybridized carbons (Fsp3) is 0.360. The number of fused-ring (bicyclic) bond motifs is 6. The Labute approximate surface area is 249 Å². The highest BCUT2D eigenvalue weighted by Crippen LogP contribution is 2.66. The van der Waals surface area contributed by atoms with Crippen LogP contribution in [0.5, 0.6) is 0 Å². The first kappa shape index (κ1) is 27.7. The minimum atomic E-state index is -2.70. The molecule has 5 atom stereocenters. The van der Waals surface area contributed by atoms with E-state index in [2.05, 4.69) is 10.2 Å². The van der Waals surface area contributed by atoms with Gasteiger partial charge in [0.1, 0.15) is 6.17 Å². The Morgan fingerprint density at radius 2 is 1.72 bits per heavy atom. The lowest BCUT2D eigenvalue weighted by Gasteiger charge is -2.49. The number of hydrogen-bond acceptors (Lipinski definition) is 9. The summed E-state index contributed by atoms with van der Waals surface area (Å²) in [5.41, 5.74) is 2.26. The minimum Gasteiger partial charge on any atom is -0.755 e. The molecule has 0 spiro atoms. The predicted octanol–water partition coefficient (Wildman–Crippen LogP) is 4.74. The highest BCUT2D eigenvalue weighted by atomic mass is 33.1. The Morgan fingerprint density at radius 3 is 2.41 bits per heavy atom. The van der Waals surface area contributed by atoms with Gasteiger partial charge >= 0.3 is 0 Å². The van der Waals surface area contributed by atoms with Crippen molar-refractivity contribution in [2.24, 2.45) is 0 Å². The van der Waals surface area contributed by atoms with Gasteiger partial charge in [-0.05, 0) is 47.7 Å². The molecule has 3 aromatic rings. The number of carbonyl (C=O) groups excluding carboxylic acids is 2. The summed E-state index contributed by atoms with van der Waals surface area (Å²) in [6.45, 7) is 0. The average molecular weight is 638 g/mol. The van der Waals surface area contributed by atoms with Crippen LogP contribution in [0.1, 0.15) is 17.5 Å². The van der Waals surface area contributed by atoms with Crippen LogP contribution < -0.4 is 4.31 Å². The van der Waals surface area contributed by atoms with Gasteiger partial charge in [-0.2, -0.15) is 0 Å². The van der Waals surface area contributed by atoms with Crippen molar-refractivity contribution in [3.05, 3.63) is 65.9 Å². The van der Waals surface area contributed by atoms with Crippen molar-refractivity contribution in [2.75, 3.05) is 30.1 Å². The zero-order chi connectivity index (χ0) is 27.7. The zero-order valence-corrected chi connectivity index (χ0v) is 26.3. The summed E-state index contributed by atoms with van der Waals surface area (Å²) in [5.74, 6) is -0.453. The van der Waals surface area contributed by atoms with Gasteiger partial charge in [0, 0.05) is 42.6 Å². The molecule has 0 aliphatic carbocycles. The van der Waals surface area contributed by atoms with Crippen LogP contribution in [0.4, 0.5) is 5.69 Å². The molecule has 3 aliphatic rings. The van der Waals surface area contributed by atoms with Crippen molar-refractivity contribution in [2.45, 2.75) is 28.2 Å². The van der Waals surface area contributed by atoms with Crippen molar-refractivity contribution in [1.82, 2.24) is 13.8 Å². The van der Waals surface area contributed by atoms with E-state index in [0.717, 1.165) is 22.0 Å². The van der Waals surface area contributed by atoms with E-state index in [0.29, 0.717) is 5.69 Å². The second kappa shape index (κ2) is 10.1. The maximum atomic E-state index is 14.4. The van der Waals surface area contributed by atoms with Crippen LogP contribution in [0.15, 0.2) is 54.7 Å². The van der Waals surface area contributed by atoms with Crippen LogP contribution in [0.3, 0.4) is 0 Å². The number of aromatic nitrogens is 1. The number of benzene rings is 2. The van der Waals surface area contributed by atoms with Crippen molar-refractivity contribution >= 4 is 94.8 Å². The van der Waals surface area contributed by atoms with Gasteiger partial charge in [0.05, 0.1) is 16.6 Å². The largest absolute Gasteiger partial charge is 0.755 e. The fourth-order valence-electron chi connectivity index (χ4n) is 6.47. The number of nitrogens with zero attached hydrogens (tertiary/aromatic N) is 4. The third-order valence-corrected chi connectivity index (χ3v) is 13.5. The molecule has 0 radical (unpaired) electrons. The van der Waals surface area contributed by atoms with E-state index in [9.17, 15) is 18.4 Å². The molecule has 3 aliphatic heterocycles. The van der Waals surface area contributed by atoms with Crippen molar-refractivity contribution in [1.29, 1.82) is 0 Å². The number of carbonyl (C=O) groups is 2. The Balaban J connectivity index is 1.73. The first-order valence-corrected chi connectivity index (χ1v) is 19.3. The van der Waals surface area contributed by atoms with Gasteiger partial charge in [0.15, 0.2) is 10.2 Å². The Morgan fingerprint density at radius 1 is 1.00 bits per heavy atom. The smallest absolute Gasteiger partial charge is 0.261 e. The van der Waals surface area contributed by atoms with E-state index in [1.54, 1.807) is 30.0 Å². The standard InChI is InChI=1S/C25H26N4O4S6/c1-26-21(37-35-3)20(30)28-22-24(14-25(28,23(26)31)38-36-4,16-10-6-8-12-19(16)29(22)39(32)33)17-13-27(34-2)18-11-7-5-9-15(17)18/h5-13,21-22H,14H2,1-4H3,(H,32,33)/p-1/t21-,22-,24+,25-/m0/s1. The molecule has 2 fully saturated rings. The normalized spacial score (nSPS) is 28.7. The molecule has 0 saturated carbocycles. The van der Waals surface area contributed by atoms with Crippen molar-refractivity contribution in [3.8, 4) is 0 Å². The molecule has 2 saturated heterocycles. The third kappa shape index (κ3) is 3.64. The van der Waals surface area contributed by atoms with Crippen molar-refractivity contribution in [3.63, 3.8) is 0 Å². The molecule has 39 heavy (non-hydrogen) atoms. The monoisotopic (exact) mass is 637 g/mol. The average Bonchev–Trinajstić information content (AvgIpc) is 3.54. The molecule has 14 heteroatoms. The molecular weight excluding hydrogens is 613 g/mol. The number of rotatable bonds is 7. The van der Waals surface area contributed by atoms with Gasteiger partial charge in [-0.25, -0.2) is 0 Å². The quantitative estimate of drug-likeness (QED) is 0.269. The molecule has 0 N–H and O–H groups in total. The highest BCUT2D eigenvalue weighted by molar-refractivity contribution is 8.77. The summed E-state index contributed by atoms with van der Waals surface area (Å²) in [6.07, 6.45) is 7.10. The van der Waals surface area contributed by atoms with Gasteiger partial charge in [-0.3, -0.25) is 27.0 Å². The van der Waals surface area contributed by atoms with Crippen LogP contribution in [-0.2, 0) is 26.3 Å². The zero-order valence-electron chi connectivity index (χ0n) is 21.4. The number of amides is 2. The molecular formula is C25H25N4O4S6-. The molecule has 0 bridgehead atoms. The second-order valence-electron chi connectivity index (χ2n) is 9.42. The van der Waals surface area contributed by atoms with E-state index in [1.807, 2.05) is 61.2 Å². The highest BCUT2D eigenvalue weighted by Gasteiger charge is 2.74. The number of para-hydroxylation sites is 2. The van der Waals surface area contributed by atoms with Crippen molar-refractivity contribution < 1.29 is 18.4 Å². The summed E-state index contributed by atoms with van der Waals surface area (Å²) >= 11 is -1.15. The maximum absolute atomic E-state index is 14.4. The van der Waals surface area contributed by atoms with Crippen LogP contribution >= 0.6 is 55.1 Å². The number of anilines is 1. The summed E-state index contributed by atoms with van der Waals surface area (Å²) in [6, 6.07) is 15.5. The van der Waals surface area contributed by atoms with E-state index in [4.69, 9.17) is 0 Å². The molecule has 2 aromatic carbocycles. The summed E-state index contributed by atoms with van der Waals surface area (Å²) in [4.78, 5) is 30.6. The topological polar surface area (TPSA) is 88.9 Å². The minimum absolute atomic E-state index is 0.190. The number of piperazine rings is 1. The van der Waals surface area contributed by atoms with E-state index in [-0.39, 0.29) is 18.2 Å². The fourth-order valence-corrected chi connectivity index (χ4v) is 12.1. The molecule has 8 nitrogen and oxygen atoms in total. The Hall–Kier alpha value is -1.42. The van der Waals surface area contributed by atoms with Crippen LogP contribution in [0.2, 0.25) is 0 Å². The Bertz CT molecular complexity index is 1520. The number of hydrogen-bond donors (Lipinski definition) is 0. The van der Waals surface area contributed by atoms with Gasteiger partial charge in [-0.1, -0.05) is 79.6 Å². The molecule has 1 unspecified atom stereocenters. The van der Waals surface area contributed by atoms with E-state index in [1.165, 1.54) is 52.4 Å². The lowest BCUT2D eigenvalue weighted by atomic mass is 9.72. The molecule has 4 heterocycles. The lowest BCUT2D eigenvalue weighted by molar-refractivity contribution is -0.157. The van der Waals surface area contributed by atoms with E-state index < -0.39 is 33.1 Å². The lowest BCUT2D eigenvalue weighted by Crippen LogP contribution is -2.69. The Kier molecular flexibility index (Phi) is 7.21. The molecule has 6 rings (SSSR count). The molecule has 1 aromatic heterocycles. The SMILES string of the molecule is CSS[C@H]1C(=O)N2[C@H]3N(S(=O)[O-])c4ccccc4[C@@]3(c3cn(SC)c4ccccc34)C[C@]2(SSC)C(=O)N1C. The van der Waals surface area contributed by atoms with Gasteiger partial charge in [0.2, 0.25) is 0 Å². The first-order chi connectivity index (χ1) is 18.8. The van der Waals surface area contributed by atoms with Crippen LogP contribution in [0.25, 0.3) is 10.9 Å².